The Balaban J connectivity index is 1.85. The monoisotopic (exact) mass is 353 g/mol. The van der Waals surface area contributed by atoms with Crippen molar-refractivity contribution in [2.24, 2.45) is 0 Å². The van der Waals surface area contributed by atoms with E-state index < -0.39 is 0 Å². The Labute approximate surface area is 152 Å². The summed E-state index contributed by atoms with van der Waals surface area (Å²) in [7, 11) is 0. The van der Waals surface area contributed by atoms with Crippen LogP contribution in [-0.4, -0.2) is 15.7 Å². The van der Waals surface area contributed by atoms with E-state index in [2.05, 4.69) is 62.4 Å². The lowest BCUT2D eigenvalue weighted by Gasteiger charge is -2.13. The molecule has 0 aliphatic heterocycles. The van der Waals surface area contributed by atoms with Gasteiger partial charge in [-0.15, -0.1) is 11.3 Å². The molecule has 3 aromatic rings. The summed E-state index contributed by atoms with van der Waals surface area (Å²) < 4.78 is 1.87. The number of hydrogen-bond donors (Lipinski definition) is 1. The van der Waals surface area contributed by atoms with E-state index in [4.69, 9.17) is 0 Å². The lowest BCUT2D eigenvalue weighted by atomic mass is 10.0. The van der Waals surface area contributed by atoms with Crippen LogP contribution in [0.4, 0.5) is 0 Å². The van der Waals surface area contributed by atoms with Crippen LogP contribution in [0.3, 0.4) is 0 Å². The molecule has 1 N–H and O–H groups in total. The van der Waals surface area contributed by atoms with E-state index in [1.165, 1.54) is 10.4 Å². The Morgan fingerprint density at radius 3 is 2.48 bits per heavy atom. The Morgan fingerprint density at radius 1 is 1.16 bits per heavy atom. The third-order valence-corrected chi connectivity index (χ3v) is 5.10. The van der Waals surface area contributed by atoms with Crippen LogP contribution in [0.15, 0.2) is 42.6 Å². The third kappa shape index (κ3) is 3.82. The summed E-state index contributed by atoms with van der Waals surface area (Å²) >= 11 is 1.70. The van der Waals surface area contributed by atoms with Crippen LogP contribution in [0, 0.1) is 13.8 Å². The molecule has 2 heterocycles. The molecule has 0 unspecified atom stereocenters. The van der Waals surface area contributed by atoms with Crippen molar-refractivity contribution < 1.29 is 4.79 Å². The normalized spacial score (nSPS) is 11.1. The van der Waals surface area contributed by atoms with Crippen molar-refractivity contribution in [3.8, 4) is 5.69 Å². The van der Waals surface area contributed by atoms with Gasteiger partial charge in [0.2, 0.25) is 0 Å². The average molecular weight is 353 g/mol. The number of thiophene rings is 1. The van der Waals surface area contributed by atoms with Crippen LogP contribution in [-0.2, 0) is 6.54 Å². The van der Waals surface area contributed by atoms with Crippen LogP contribution >= 0.6 is 11.3 Å². The molecule has 1 amide bonds. The number of hydrogen-bond acceptors (Lipinski definition) is 3. The Kier molecular flexibility index (Phi) is 5.04. The number of amides is 1. The van der Waals surface area contributed by atoms with E-state index in [0.29, 0.717) is 12.1 Å². The molecule has 2 aromatic heterocycles. The largest absolute Gasteiger partial charge is 0.347 e. The third-order valence-electron chi connectivity index (χ3n) is 4.10. The van der Waals surface area contributed by atoms with Crippen molar-refractivity contribution >= 4 is 17.2 Å². The van der Waals surface area contributed by atoms with Gasteiger partial charge in [0.1, 0.15) is 0 Å². The molecule has 1 aromatic carbocycles. The summed E-state index contributed by atoms with van der Waals surface area (Å²) in [4.78, 5) is 15.1. The summed E-state index contributed by atoms with van der Waals surface area (Å²) in [5.74, 6) is 0.113. The van der Waals surface area contributed by atoms with E-state index in [9.17, 15) is 4.79 Å². The summed E-state index contributed by atoms with van der Waals surface area (Å²) in [6.07, 6.45) is 1.67. The minimum absolute atomic E-state index is 0.0758. The number of benzene rings is 1. The second-order valence-electron chi connectivity index (χ2n) is 6.54. The van der Waals surface area contributed by atoms with Crippen molar-refractivity contribution in [3.63, 3.8) is 0 Å². The van der Waals surface area contributed by atoms with Gasteiger partial charge in [0, 0.05) is 9.75 Å². The topological polar surface area (TPSA) is 46.9 Å². The summed E-state index contributed by atoms with van der Waals surface area (Å²) in [6.45, 7) is 8.84. The molecule has 0 spiro atoms. The van der Waals surface area contributed by atoms with E-state index >= 15 is 0 Å². The second-order valence-corrected chi connectivity index (χ2v) is 7.91. The van der Waals surface area contributed by atoms with Gasteiger partial charge in [0.15, 0.2) is 0 Å². The molecule has 0 saturated heterocycles. The molecular weight excluding hydrogens is 330 g/mol. The van der Waals surface area contributed by atoms with Crippen molar-refractivity contribution in [3.05, 3.63) is 69.2 Å². The lowest BCUT2D eigenvalue weighted by molar-refractivity contribution is 0.0950. The van der Waals surface area contributed by atoms with Gasteiger partial charge >= 0.3 is 0 Å². The molecule has 25 heavy (non-hydrogen) atoms. The number of carbonyl (C=O) groups is 1. The van der Waals surface area contributed by atoms with Crippen LogP contribution in [0.25, 0.3) is 5.69 Å². The molecule has 0 bridgehead atoms. The van der Waals surface area contributed by atoms with Crippen LogP contribution < -0.4 is 5.32 Å². The highest BCUT2D eigenvalue weighted by Crippen LogP contribution is 2.23. The second kappa shape index (κ2) is 7.23. The maximum absolute atomic E-state index is 12.7. The average Bonchev–Trinajstić information content (AvgIpc) is 3.19. The maximum atomic E-state index is 12.7. The molecule has 0 aliphatic carbocycles. The highest BCUT2D eigenvalue weighted by atomic mass is 32.1. The van der Waals surface area contributed by atoms with Gasteiger partial charge in [-0.05, 0) is 44.0 Å². The zero-order valence-electron chi connectivity index (χ0n) is 15.0. The van der Waals surface area contributed by atoms with Crippen LogP contribution in [0.1, 0.15) is 51.1 Å². The van der Waals surface area contributed by atoms with Crippen LogP contribution in [0.2, 0.25) is 0 Å². The molecule has 4 nitrogen and oxygen atoms in total. The van der Waals surface area contributed by atoms with Gasteiger partial charge in [0.25, 0.3) is 5.91 Å². The molecular formula is C20H23N3OS. The summed E-state index contributed by atoms with van der Waals surface area (Å²) in [5, 5.41) is 7.49. The van der Waals surface area contributed by atoms with Crippen LogP contribution in [0.5, 0.6) is 0 Å². The summed E-state index contributed by atoms with van der Waals surface area (Å²) in [5.41, 5.74) is 3.75. The predicted octanol–water partition coefficient (Wildman–Crippen LogP) is 4.60. The zero-order chi connectivity index (χ0) is 18.0. The minimum atomic E-state index is -0.0758. The van der Waals surface area contributed by atoms with Gasteiger partial charge in [-0.3, -0.25) is 4.79 Å². The predicted molar refractivity (Wildman–Crippen MR) is 103 cm³/mol. The Bertz CT molecular complexity index is 875. The van der Waals surface area contributed by atoms with E-state index in [0.717, 1.165) is 16.3 Å². The minimum Gasteiger partial charge on any atom is -0.347 e. The molecule has 130 valence electrons. The van der Waals surface area contributed by atoms with Crippen molar-refractivity contribution in [2.45, 2.75) is 40.2 Å². The van der Waals surface area contributed by atoms with E-state index in [1.807, 2.05) is 16.8 Å². The lowest BCUT2D eigenvalue weighted by Crippen LogP contribution is -2.23. The van der Waals surface area contributed by atoms with Crippen molar-refractivity contribution in [1.29, 1.82) is 0 Å². The molecule has 0 fully saturated rings. The van der Waals surface area contributed by atoms with Gasteiger partial charge in [-0.1, -0.05) is 31.5 Å². The SMILES string of the molecule is Cc1ccc(-n2ncc(C(=O)NCc3ccc(C)s3)c2C(C)C)cc1. The first kappa shape index (κ1) is 17.4. The van der Waals surface area contributed by atoms with E-state index in [-0.39, 0.29) is 11.8 Å². The highest BCUT2D eigenvalue weighted by Gasteiger charge is 2.20. The Morgan fingerprint density at radius 2 is 1.88 bits per heavy atom. The highest BCUT2D eigenvalue weighted by molar-refractivity contribution is 7.11. The smallest absolute Gasteiger partial charge is 0.255 e. The Hall–Kier alpha value is -2.40. The number of carbonyl (C=O) groups excluding carboxylic acids is 1. The van der Waals surface area contributed by atoms with Crippen molar-refractivity contribution in [1.82, 2.24) is 15.1 Å². The number of nitrogens with zero attached hydrogens (tertiary/aromatic N) is 2. The fourth-order valence-corrected chi connectivity index (χ4v) is 3.65. The molecule has 5 heteroatoms. The first-order valence-corrected chi connectivity index (χ1v) is 9.26. The van der Waals surface area contributed by atoms with Gasteiger partial charge in [0.05, 0.1) is 29.7 Å². The first-order chi connectivity index (χ1) is 12.0. The molecule has 0 aliphatic rings. The standard InChI is InChI=1S/C20H23N3OS/c1-13(2)19-18(20(24)21-11-17-10-7-15(4)25-17)12-22-23(19)16-8-5-14(3)6-9-16/h5-10,12-13H,11H2,1-4H3,(H,21,24). The quantitative estimate of drug-likeness (QED) is 0.728. The van der Waals surface area contributed by atoms with Crippen molar-refractivity contribution in [2.75, 3.05) is 0 Å². The first-order valence-electron chi connectivity index (χ1n) is 8.44. The van der Waals surface area contributed by atoms with Gasteiger partial charge in [-0.2, -0.15) is 5.10 Å². The molecule has 0 atom stereocenters. The number of aryl methyl sites for hydroxylation is 2. The fourth-order valence-electron chi connectivity index (χ4n) is 2.82. The molecule has 0 saturated carbocycles. The number of aromatic nitrogens is 2. The van der Waals surface area contributed by atoms with Gasteiger partial charge in [-0.25, -0.2) is 4.68 Å². The number of nitrogens with one attached hydrogen (secondary N) is 1. The number of rotatable bonds is 5. The molecule has 3 rings (SSSR count). The van der Waals surface area contributed by atoms with E-state index in [1.54, 1.807) is 17.5 Å². The maximum Gasteiger partial charge on any atom is 0.255 e. The molecule has 0 radical (unpaired) electrons. The fraction of sp³-hybridized carbons (Fsp3) is 0.300. The zero-order valence-corrected chi connectivity index (χ0v) is 15.9. The van der Waals surface area contributed by atoms with Gasteiger partial charge < -0.3 is 5.32 Å². The summed E-state index contributed by atoms with van der Waals surface area (Å²) in [6, 6.07) is 12.3.